The number of carbonyl (C=O) groups is 1. The van der Waals surface area contributed by atoms with E-state index in [-0.39, 0.29) is 0 Å². The highest BCUT2D eigenvalue weighted by Crippen LogP contribution is 2.30. The van der Waals surface area contributed by atoms with Gasteiger partial charge in [-0.2, -0.15) is 4.98 Å². The molecule has 1 aromatic rings. The van der Waals surface area contributed by atoms with Crippen molar-refractivity contribution >= 4 is 17.5 Å². The molecule has 0 aliphatic heterocycles. The van der Waals surface area contributed by atoms with Crippen molar-refractivity contribution in [1.29, 1.82) is 0 Å². The van der Waals surface area contributed by atoms with E-state index < -0.39 is 6.03 Å². The molecule has 7 heteroatoms. The first-order valence-corrected chi connectivity index (χ1v) is 6.31. The first-order valence-electron chi connectivity index (χ1n) is 6.31. The molecule has 0 spiro atoms. The van der Waals surface area contributed by atoms with Gasteiger partial charge < -0.3 is 26.8 Å². The zero-order valence-electron chi connectivity index (χ0n) is 10.7. The second kappa shape index (κ2) is 6.12. The van der Waals surface area contributed by atoms with Gasteiger partial charge in [-0.05, 0) is 30.9 Å². The molecule has 0 unspecified atom stereocenters. The van der Waals surface area contributed by atoms with Gasteiger partial charge in [0.25, 0.3) is 0 Å². The van der Waals surface area contributed by atoms with Crippen molar-refractivity contribution in [3.8, 4) is 5.88 Å². The number of urea groups is 1. The number of carbonyl (C=O) groups excluding carboxylic acids is 1. The van der Waals surface area contributed by atoms with Crippen LogP contribution in [0.15, 0.2) is 12.1 Å². The Labute approximate surface area is 111 Å². The minimum Gasteiger partial charge on any atom is -0.476 e. The van der Waals surface area contributed by atoms with Crippen LogP contribution >= 0.6 is 0 Å². The van der Waals surface area contributed by atoms with Gasteiger partial charge in [-0.15, -0.1) is 0 Å². The second-order valence-electron chi connectivity index (χ2n) is 4.56. The lowest BCUT2D eigenvalue weighted by molar-refractivity contribution is 0.249. The fourth-order valence-corrected chi connectivity index (χ4v) is 1.52. The molecule has 104 valence electrons. The standard InChI is InChI=1S/C12H19N5O2/c13-9-3-4-10(15-5-6-16-12(14)18)17-11(9)19-7-8-1-2-8/h3-4,8H,1-2,5-7,13H2,(H,15,17)(H3,14,16,18). The molecule has 0 radical (unpaired) electrons. The lowest BCUT2D eigenvalue weighted by Gasteiger charge is -2.10. The van der Waals surface area contributed by atoms with E-state index >= 15 is 0 Å². The number of hydrogen-bond donors (Lipinski definition) is 4. The van der Waals surface area contributed by atoms with Crippen molar-refractivity contribution in [1.82, 2.24) is 10.3 Å². The van der Waals surface area contributed by atoms with Crippen molar-refractivity contribution in [3.63, 3.8) is 0 Å². The molecule has 2 rings (SSSR count). The number of nitrogens with one attached hydrogen (secondary N) is 2. The van der Waals surface area contributed by atoms with Crippen LogP contribution < -0.4 is 26.8 Å². The summed E-state index contributed by atoms with van der Waals surface area (Å²) in [6.07, 6.45) is 2.44. The Hall–Kier alpha value is -2.18. The third-order valence-corrected chi connectivity index (χ3v) is 2.77. The van der Waals surface area contributed by atoms with Crippen LogP contribution in [0.25, 0.3) is 0 Å². The normalized spacial score (nSPS) is 13.9. The molecule has 0 saturated heterocycles. The molecule has 0 bridgehead atoms. The number of nitrogen functional groups attached to an aromatic ring is 1. The minimum absolute atomic E-state index is 0.430. The summed E-state index contributed by atoms with van der Waals surface area (Å²) in [5.74, 6) is 1.77. The Morgan fingerprint density at radius 2 is 2.21 bits per heavy atom. The van der Waals surface area contributed by atoms with Crippen LogP contribution in [0.4, 0.5) is 16.3 Å². The highest BCUT2D eigenvalue weighted by molar-refractivity contribution is 5.71. The highest BCUT2D eigenvalue weighted by Gasteiger charge is 2.22. The van der Waals surface area contributed by atoms with Crippen LogP contribution in [0.3, 0.4) is 0 Å². The molecular weight excluding hydrogens is 246 g/mol. The van der Waals surface area contributed by atoms with Crippen LogP contribution in [0.5, 0.6) is 5.88 Å². The Morgan fingerprint density at radius 3 is 2.89 bits per heavy atom. The van der Waals surface area contributed by atoms with Gasteiger partial charge in [-0.1, -0.05) is 0 Å². The molecule has 1 saturated carbocycles. The first-order chi connectivity index (χ1) is 9.15. The largest absolute Gasteiger partial charge is 0.476 e. The molecule has 1 aliphatic rings. The van der Waals surface area contributed by atoms with Gasteiger partial charge in [0.15, 0.2) is 0 Å². The van der Waals surface area contributed by atoms with Crippen LogP contribution in [0, 0.1) is 5.92 Å². The Balaban J connectivity index is 1.82. The van der Waals surface area contributed by atoms with E-state index in [0.717, 1.165) is 0 Å². The molecule has 2 amide bonds. The van der Waals surface area contributed by atoms with Gasteiger partial charge in [-0.25, -0.2) is 4.79 Å². The highest BCUT2D eigenvalue weighted by atomic mass is 16.5. The summed E-state index contributed by atoms with van der Waals surface area (Å²) < 4.78 is 5.58. The van der Waals surface area contributed by atoms with Crippen molar-refractivity contribution < 1.29 is 9.53 Å². The number of amides is 2. The maximum absolute atomic E-state index is 10.5. The minimum atomic E-state index is -0.541. The van der Waals surface area contributed by atoms with Gasteiger partial charge in [-0.3, -0.25) is 0 Å². The molecular formula is C12H19N5O2. The summed E-state index contributed by atoms with van der Waals surface area (Å²) >= 11 is 0. The van der Waals surface area contributed by atoms with Crippen LogP contribution in [0.1, 0.15) is 12.8 Å². The SMILES string of the molecule is NC(=O)NCCNc1ccc(N)c(OCC2CC2)n1. The van der Waals surface area contributed by atoms with Crippen molar-refractivity contribution in [3.05, 3.63) is 12.1 Å². The molecule has 7 nitrogen and oxygen atoms in total. The van der Waals surface area contributed by atoms with E-state index in [0.29, 0.717) is 43.0 Å². The zero-order chi connectivity index (χ0) is 13.7. The van der Waals surface area contributed by atoms with Gasteiger partial charge in [0.2, 0.25) is 5.88 Å². The molecule has 0 atom stereocenters. The fraction of sp³-hybridized carbons (Fsp3) is 0.500. The number of aromatic nitrogens is 1. The Bertz CT molecular complexity index is 448. The monoisotopic (exact) mass is 265 g/mol. The number of ether oxygens (including phenoxy) is 1. The molecule has 1 fully saturated rings. The third-order valence-electron chi connectivity index (χ3n) is 2.77. The topological polar surface area (TPSA) is 115 Å². The molecule has 1 heterocycles. The van der Waals surface area contributed by atoms with Crippen molar-refractivity contribution in [2.75, 3.05) is 30.7 Å². The van der Waals surface area contributed by atoms with E-state index in [1.807, 2.05) is 0 Å². The second-order valence-corrected chi connectivity index (χ2v) is 4.56. The predicted molar refractivity (Wildman–Crippen MR) is 72.9 cm³/mol. The Morgan fingerprint density at radius 1 is 1.42 bits per heavy atom. The van der Waals surface area contributed by atoms with Crippen LogP contribution in [0.2, 0.25) is 0 Å². The maximum Gasteiger partial charge on any atom is 0.312 e. The van der Waals surface area contributed by atoms with Crippen LogP contribution in [-0.4, -0.2) is 30.7 Å². The number of nitrogens with zero attached hydrogens (tertiary/aromatic N) is 1. The van der Waals surface area contributed by atoms with E-state index in [4.69, 9.17) is 16.2 Å². The Kier molecular flexibility index (Phi) is 4.27. The molecule has 19 heavy (non-hydrogen) atoms. The molecule has 6 N–H and O–H groups in total. The number of primary amides is 1. The summed E-state index contributed by atoms with van der Waals surface area (Å²) in [6.45, 7) is 1.63. The van der Waals surface area contributed by atoms with Gasteiger partial charge in [0, 0.05) is 13.1 Å². The first kappa shape index (κ1) is 13.3. The van der Waals surface area contributed by atoms with Crippen LogP contribution in [-0.2, 0) is 0 Å². The smallest absolute Gasteiger partial charge is 0.312 e. The third kappa shape index (κ3) is 4.53. The summed E-state index contributed by atoms with van der Waals surface area (Å²) in [6, 6.07) is 2.98. The average Bonchev–Trinajstić information content (AvgIpc) is 3.18. The summed E-state index contributed by atoms with van der Waals surface area (Å²) in [5, 5.41) is 5.54. The summed E-state index contributed by atoms with van der Waals surface area (Å²) in [7, 11) is 0. The average molecular weight is 265 g/mol. The number of hydrogen-bond acceptors (Lipinski definition) is 5. The molecule has 1 aliphatic carbocycles. The number of anilines is 2. The lowest BCUT2D eigenvalue weighted by atomic mass is 10.4. The van der Waals surface area contributed by atoms with E-state index in [2.05, 4.69) is 15.6 Å². The summed E-state index contributed by atoms with van der Waals surface area (Å²) in [5.41, 5.74) is 11.3. The summed E-state index contributed by atoms with van der Waals surface area (Å²) in [4.78, 5) is 14.8. The molecule has 1 aromatic heterocycles. The maximum atomic E-state index is 10.5. The number of nitrogens with two attached hydrogens (primary N) is 2. The van der Waals surface area contributed by atoms with Crippen molar-refractivity contribution in [2.24, 2.45) is 11.7 Å². The lowest BCUT2D eigenvalue weighted by Crippen LogP contribution is -2.33. The fourth-order valence-electron chi connectivity index (χ4n) is 1.52. The van der Waals surface area contributed by atoms with E-state index in [9.17, 15) is 4.79 Å². The number of rotatable bonds is 7. The van der Waals surface area contributed by atoms with E-state index in [1.165, 1.54) is 12.8 Å². The predicted octanol–water partition coefficient (Wildman–Crippen LogP) is 0.533. The number of pyridine rings is 1. The van der Waals surface area contributed by atoms with Crippen molar-refractivity contribution in [2.45, 2.75) is 12.8 Å². The van der Waals surface area contributed by atoms with Gasteiger partial charge in [0.05, 0.1) is 12.3 Å². The zero-order valence-corrected chi connectivity index (χ0v) is 10.7. The van der Waals surface area contributed by atoms with E-state index in [1.54, 1.807) is 12.1 Å². The van der Waals surface area contributed by atoms with Gasteiger partial charge >= 0.3 is 6.03 Å². The van der Waals surface area contributed by atoms with Gasteiger partial charge in [0.1, 0.15) is 5.82 Å². The molecule has 0 aromatic carbocycles. The quantitative estimate of drug-likeness (QED) is 0.537.